The molecule has 6 heteroatoms. The molecule has 0 fully saturated rings. The van der Waals surface area contributed by atoms with Crippen LogP contribution in [-0.4, -0.2) is 35.4 Å². The van der Waals surface area contributed by atoms with Crippen molar-refractivity contribution < 1.29 is 29.3 Å². The van der Waals surface area contributed by atoms with Crippen molar-refractivity contribution in [2.24, 2.45) is 5.92 Å². The lowest BCUT2D eigenvalue weighted by molar-refractivity contribution is -0.140. The Morgan fingerprint density at radius 3 is 2.16 bits per heavy atom. The highest BCUT2D eigenvalue weighted by atomic mass is 16.5. The number of rotatable bonds is 12. The SMILES string of the molecule is C=C(C)[C@@H]1CCC(C)=C[C@H]1c1c(OCC(=O)O)cc(CCCCC)cc1OCC(=O)O. The molecule has 0 heterocycles. The van der Waals surface area contributed by atoms with Crippen molar-refractivity contribution in [2.45, 2.75) is 65.2 Å². The fraction of sp³-hybridized carbons (Fsp3) is 0.520. The van der Waals surface area contributed by atoms with E-state index in [2.05, 4.69) is 26.5 Å². The Labute approximate surface area is 184 Å². The number of hydrogen-bond donors (Lipinski definition) is 2. The molecule has 1 aliphatic carbocycles. The minimum Gasteiger partial charge on any atom is -0.481 e. The number of aryl methyl sites for hydroxylation is 1. The minimum absolute atomic E-state index is 0.122. The van der Waals surface area contributed by atoms with Crippen LogP contribution in [0.5, 0.6) is 11.5 Å². The fourth-order valence-corrected chi connectivity index (χ4v) is 4.13. The number of hydrogen-bond acceptors (Lipinski definition) is 4. The number of unbranched alkanes of at least 4 members (excludes halogenated alkanes) is 2. The van der Waals surface area contributed by atoms with Gasteiger partial charge in [0.1, 0.15) is 11.5 Å². The summed E-state index contributed by atoms with van der Waals surface area (Å²) in [6.07, 6.45) is 7.93. The third-order valence-electron chi connectivity index (χ3n) is 5.65. The van der Waals surface area contributed by atoms with Crippen molar-refractivity contribution in [3.8, 4) is 11.5 Å². The Kier molecular flexibility index (Phi) is 9.16. The van der Waals surface area contributed by atoms with Crippen LogP contribution in [0.1, 0.15) is 69.9 Å². The number of benzene rings is 1. The summed E-state index contributed by atoms with van der Waals surface area (Å²) in [6.45, 7) is 9.38. The van der Waals surface area contributed by atoms with Crippen LogP contribution in [0, 0.1) is 5.92 Å². The highest BCUT2D eigenvalue weighted by molar-refractivity contribution is 5.69. The molecule has 31 heavy (non-hydrogen) atoms. The smallest absolute Gasteiger partial charge is 0.341 e. The van der Waals surface area contributed by atoms with Crippen molar-refractivity contribution in [3.05, 3.63) is 47.1 Å². The van der Waals surface area contributed by atoms with Gasteiger partial charge in [-0.2, -0.15) is 0 Å². The predicted octanol–water partition coefficient (Wildman–Crippen LogP) is 5.36. The van der Waals surface area contributed by atoms with Crippen molar-refractivity contribution >= 4 is 11.9 Å². The number of allylic oxidation sites excluding steroid dienone is 3. The lowest BCUT2D eigenvalue weighted by atomic mass is 9.73. The maximum Gasteiger partial charge on any atom is 0.341 e. The monoisotopic (exact) mass is 430 g/mol. The molecular formula is C25H34O6. The van der Waals surface area contributed by atoms with Gasteiger partial charge in [-0.05, 0) is 63.1 Å². The van der Waals surface area contributed by atoms with E-state index in [9.17, 15) is 19.8 Å². The van der Waals surface area contributed by atoms with Crippen LogP contribution in [0.25, 0.3) is 0 Å². The average molecular weight is 431 g/mol. The molecule has 1 aromatic rings. The Hall–Kier alpha value is -2.76. The van der Waals surface area contributed by atoms with E-state index in [1.807, 2.05) is 19.1 Å². The van der Waals surface area contributed by atoms with Gasteiger partial charge in [0.25, 0.3) is 0 Å². The quantitative estimate of drug-likeness (QED) is 0.342. The Bertz CT molecular complexity index is 799. The van der Waals surface area contributed by atoms with Crippen LogP contribution in [0.4, 0.5) is 0 Å². The lowest BCUT2D eigenvalue weighted by Gasteiger charge is -2.33. The summed E-state index contributed by atoms with van der Waals surface area (Å²) in [7, 11) is 0. The van der Waals surface area contributed by atoms with Gasteiger partial charge in [-0.1, -0.05) is 43.6 Å². The first-order valence-electron chi connectivity index (χ1n) is 10.9. The summed E-state index contributed by atoms with van der Waals surface area (Å²) in [5.74, 6) is -1.24. The number of aliphatic carboxylic acids is 2. The topological polar surface area (TPSA) is 93.1 Å². The summed E-state index contributed by atoms with van der Waals surface area (Å²) in [5.41, 5.74) is 3.90. The van der Waals surface area contributed by atoms with Crippen LogP contribution >= 0.6 is 0 Å². The first-order valence-corrected chi connectivity index (χ1v) is 10.9. The molecule has 1 aromatic carbocycles. The largest absolute Gasteiger partial charge is 0.481 e. The molecule has 2 rings (SSSR count). The van der Waals surface area contributed by atoms with E-state index in [0.29, 0.717) is 17.1 Å². The van der Waals surface area contributed by atoms with E-state index >= 15 is 0 Å². The zero-order valence-electron chi connectivity index (χ0n) is 18.8. The molecule has 170 valence electrons. The van der Waals surface area contributed by atoms with Gasteiger partial charge in [0.15, 0.2) is 13.2 Å². The first-order chi connectivity index (χ1) is 14.7. The maximum absolute atomic E-state index is 11.2. The zero-order valence-corrected chi connectivity index (χ0v) is 18.8. The second-order valence-electron chi connectivity index (χ2n) is 8.36. The molecule has 0 saturated carbocycles. The summed E-state index contributed by atoms with van der Waals surface area (Å²) < 4.78 is 11.4. The third kappa shape index (κ3) is 7.16. The van der Waals surface area contributed by atoms with Gasteiger partial charge >= 0.3 is 11.9 Å². The first kappa shape index (κ1) is 24.5. The number of carboxylic acid groups (broad SMARTS) is 2. The Morgan fingerprint density at radius 2 is 1.68 bits per heavy atom. The highest BCUT2D eigenvalue weighted by Gasteiger charge is 2.31. The molecule has 0 unspecified atom stereocenters. The maximum atomic E-state index is 11.2. The third-order valence-corrected chi connectivity index (χ3v) is 5.65. The van der Waals surface area contributed by atoms with Crippen LogP contribution in [0.2, 0.25) is 0 Å². The van der Waals surface area contributed by atoms with Crippen molar-refractivity contribution in [1.29, 1.82) is 0 Å². The van der Waals surface area contributed by atoms with Crippen LogP contribution < -0.4 is 9.47 Å². The summed E-state index contributed by atoms with van der Waals surface area (Å²) in [6, 6.07) is 3.77. The van der Waals surface area contributed by atoms with E-state index < -0.39 is 25.2 Å². The van der Waals surface area contributed by atoms with Gasteiger partial charge < -0.3 is 19.7 Å². The second-order valence-corrected chi connectivity index (χ2v) is 8.36. The Morgan fingerprint density at radius 1 is 1.10 bits per heavy atom. The van der Waals surface area contributed by atoms with E-state index in [-0.39, 0.29) is 11.8 Å². The molecule has 0 amide bonds. The highest BCUT2D eigenvalue weighted by Crippen LogP contribution is 2.47. The Balaban J connectivity index is 2.60. The van der Waals surface area contributed by atoms with Crippen molar-refractivity contribution in [2.75, 3.05) is 13.2 Å². The van der Waals surface area contributed by atoms with Crippen molar-refractivity contribution in [3.63, 3.8) is 0 Å². The molecule has 6 nitrogen and oxygen atoms in total. The number of carbonyl (C=O) groups is 2. The van der Waals surface area contributed by atoms with Crippen LogP contribution in [-0.2, 0) is 16.0 Å². The van der Waals surface area contributed by atoms with Gasteiger partial charge in [0.2, 0.25) is 0 Å². The second kappa shape index (κ2) is 11.6. The van der Waals surface area contributed by atoms with Crippen LogP contribution in [0.15, 0.2) is 35.9 Å². The molecule has 2 atom stereocenters. The summed E-state index contributed by atoms with van der Waals surface area (Å²) >= 11 is 0. The molecular weight excluding hydrogens is 396 g/mol. The predicted molar refractivity (Wildman–Crippen MR) is 120 cm³/mol. The van der Waals surface area contributed by atoms with Crippen LogP contribution in [0.3, 0.4) is 0 Å². The number of ether oxygens (including phenoxy) is 2. The average Bonchev–Trinajstić information content (AvgIpc) is 2.70. The van der Waals surface area contributed by atoms with Gasteiger partial charge in [0.05, 0.1) is 0 Å². The molecule has 1 aliphatic rings. The van der Waals surface area contributed by atoms with E-state index in [1.54, 1.807) is 0 Å². The number of carboxylic acids is 2. The van der Waals surface area contributed by atoms with Gasteiger partial charge in [-0.3, -0.25) is 0 Å². The van der Waals surface area contributed by atoms with Gasteiger partial charge in [-0.15, -0.1) is 0 Å². The molecule has 0 spiro atoms. The molecule has 0 aliphatic heterocycles. The molecule has 0 saturated heterocycles. The van der Waals surface area contributed by atoms with Crippen molar-refractivity contribution in [1.82, 2.24) is 0 Å². The fourth-order valence-electron chi connectivity index (χ4n) is 4.13. The summed E-state index contributed by atoms with van der Waals surface area (Å²) in [4.78, 5) is 22.4. The normalized spacial score (nSPS) is 18.2. The molecule has 0 bridgehead atoms. The van der Waals surface area contributed by atoms with E-state index in [4.69, 9.17) is 9.47 Å². The summed E-state index contributed by atoms with van der Waals surface area (Å²) in [5, 5.41) is 18.4. The standard InChI is InChI=1S/C25H34O6/c1-5-6-7-8-18-12-21(30-14-23(26)27)25(22(13-18)31-15-24(28)29)20-11-17(4)9-10-19(20)16(2)3/h11-13,19-20H,2,5-10,14-15H2,1,3-4H3,(H,26,27)(H,28,29)/t19-,20+/m0/s1. The lowest BCUT2D eigenvalue weighted by Crippen LogP contribution is -2.21. The van der Waals surface area contributed by atoms with Gasteiger partial charge in [0, 0.05) is 11.5 Å². The molecule has 2 N–H and O–H groups in total. The van der Waals surface area contributed by atoms with E-state index in [0.717, 1.165) is 49.7 Å². The van der Waals surface area contributed by atoms with Gasteiger partial charge in [-0.25, -0.2) is 9.59 Å². The van der Waals surface area contributed by atoms with E-state index in [1.165, 1.54) is 5.57 Å². The minimum atomic E-state index is -1.07. The molecule has 0 aromatic heterocycles. The zero-order chi connectivity index (χ0) is 23.0. The molecule has 0 radical (unpaired) electrons.